The van der Waals surface area contributed by atoms with Gasteiger partial charge < -0.3 is 19.9 Å². The molecule has 0 saturated carbocycles. The van der Waals surface area contributed by atoms with Gasteiger partial charge in [0.25, 0.3) is 0 Å². The maximum absolute atomic E-state index is 12.7. The van der Waals surface area contributed by atoms with Crippen molar-refractivity contribution in [2.24, 2.45) is 0 Å². The minimum Gasteiger partial charge on any atom is -0.488 e. The Kier molecular flexibility index (Phi) is 6.57. The first-order chi connectivity index (χ1) is 16.6. The van der Waals surface area contributed by atoms with Gasteiger partial charge in [-0.3, -0.25) is 0 Å². The molecule has 3 aromatic carbocycles. The first-order valence-electron chi connectivity index (χ1n) is 11.7. The molecule has 0 aliphatic heterocycles. The highest BCUT2D eigenvalue weighted by Gasteiger charge is 2.36. The van der Waals surface area contributed by atoms with Crippen molar-refractivity contribution in [3.05, 3.63) is 89.5 Å². The Hall–Kier alpha value is -3.80. The highest BCUT2D eigenvalue weighted by atomic mass is 16.5. The number of carboxylic acid groups (broad SMARTS) is 1. The molecule has 0 bridgehead atoms. The van der Waals surface area contributed by atoms with Gasteiger partial charge in [0.2, 0.25) is 0 Å². The molecular weight excluding hydrogens is 442 g/mol. The molecule has 0 heterocycles. The van der Waals surface area contributed by atoms with E-state index in [9.17, 15) is 14.7 Å². The normalized spacial score (nSPS) is 14.4. The summed E-state index contributed by atoms with van der Waals surface area (Å²) in [6.45, 7) is 7.48. The number of carbonyl (C=O) groups is 2. The smallest absolute Gasteiger partial charge is 0.408 e. The molecule has 182 valence electrons. The fraction of sp³-hybridized carbons (Fsp3) is 0.310. The van der Waals surface area contributed by atoms with Crippen LogP contribution in [0.3, 0.4) is 0 Å². The molecule has 0 fully saturated rings. The average Bonchev–Trinajstić information content (AvgIpc) is 3.12. The van der Waals surface area contributed by atoms with Crippen molar-refractivity contribution in [1.29, 1.82) is 0 Å². The summed E-state index contributed by atoms with van der Waals surface area (Å²) in [5.41, 5.74) is 3.35. The van der Waals surface area contributed by atoms with Crippen LogP contribution in [0.1, 0.15) is 50.3 Å². The molecule has 1 aliphatic rings. The number of benzene rings is 3. The Morgan fingerprint density at radius 3 is 1.91 bits per heavy atom. The van der Waals surface area contributed by atoms with Crippen molar-refractivity contribution in [3.8, 4) is 16.9 Å². The summed E-state index contributed by atoms with van der Waals surface area (Å²) in [4.78, 5) is 24.8. The summed E-state index contributed by atoms with van der Waals surface area (Å²) in [5.74, 6) is -0.539. The van der Waals surface area contributed by atoms with Crippen LogP contribution in [0.4, 0.5) is 4.79 Å². The number of hydrogen-bond acceptors (Lipinski definition) is 4. The van der Waals surface area contributed by atoms with E-state index >= 15 is 0 Å². The first kappa shape index (κ1) is 24.3. The molecule has 3 aromatic rings. The molecule has 0 spiro atoms. The number of aliphatic carboxylic acids is 1. The van der Waals surface area contributed by atoms with Crippen molar-refractivity contribution in [3.63, 3.8) is 0 Å². The summed E-state index contributed by atoms with van der Waals surface area (Å²) in [5, 5.41) is 12.5. The zero-order valence-corrected chi connectivity index (χ0v) is 20.5. The minimum atomic E-state index is -1.53. The first-order valence-corrected chi connectivity index (χ1v) is 11.7. The highest BCUT2D eigenvalue weighted by Crippen LogP contribution is 2.44. The van der Waals surface area contributed by atoms with E-state index in [0.717, 1.165) is 27.8 Å². The van der Waals surface area contributed by atoms with Crippen molar-refractivity contribution in [2.45, 2.75) is 51.2 Å². The van der Waals surface area contributed by atoms with Crippen molar-refractivity contribution >= 4 is 12.1 Å². The van der Waals surface area contributed by atoms with Gasteiger partial charge in [-0.25, -0.2) is 9.59 Å². The third-order valence-electron chi connectivity index (χ3n) is 6.10. The summed E-state index contributed by atoms with van der Waals surface area (Å²) in [6, 6.07) is 23.3. The van der Waals surface area contributed by atoms with Crippen molar-refractivity contribution in [2.75, 3.05) is 6.61 Å². The fourth-order valence-corrected chi connectivity index (χ4v) is 4.47. The third-order valence-corrected chi connectivity index (χ3v) is 6.10. The lowest BCUT2D eigenvalue weighted by Crippen LogP contribution is -2.54. The minimum absolute atomic E-state index is 0.0976. The van der Waals surface area contributed by atoms with Crippen LogP contribution in [-0.4, -0.2) is 34.9 Å². The van der Waals surface area contributed by atoms with Crippen LogP contribution in [0.5, 0.6) is 5.75 Å². The molecule has 0 radical (unpaired) electrons. The molecule has 0 aromatic heterocycles. The van der Waals surface area contributed by atoms with E-state index in [0.29, 0.717) is 5.75 Å². The van der Waals surface area contributed by atoms with E-state index in [1.807, 2.05) is 69.3 Å². The molecular formula is C29H31NO5. The van der Waals surface area contributed by atoms with Crippen LogP contribution in [0.25, 0.3) is 11.1 Å². The van der Waals surface area contributed by atoms with E-state index in [4.69, 9.17) is 9.47 Å². The number of nitrogens with one attached hydrogen (secondary N) is 1. The van der Waals surface area contributed by atoms with Crippen LogP contribution in [0.2, 0.25) is 0 Å². The number of amides is 1. The quantitative estimate of drug-likeness (QED) is 0.454. The van der Waals surface area contributed by atoms with Gasteiger partial charge in [0.05, 0.1) is 0 Å². The van der Waals surface area contributed by atoms with Gasteiger partial charge in [-0.1, -0.05) is 60.7 Å². The second-order valence-electron chi connectivity index (χ2n) is 10.1. The van der Waals surface area contributed by atoms with Crippen molar-refractivity contribution in [1.82, 2.24) is 5.32 Å². The molecule has 0 saturated heterocycles. The van der Waals surface area contributed by atoms with Gasteiger partial charge in [-0.2, -0.15) is 0 Å². The van der Waals surface area contributed by atoms with Gasteiger partial charge in [0, 0.05) is 12.3 Å². The standard InChI is InChI=1S/C29H31NO5/c1-28(2,3)35-20-15-13-19(14-16-20)17-29(4,26(31)32)30-27(33)34-18-25-23-11-7-5-9-21(23)22-10-6-8-12-24(22)25/h5-16,25H,17-18H2,1-4H3,(H,30,33)(H,31,32)/t29-/m1/s1. The molecule has 4 rings (SSSR count). The predicted octanol–water partition coefficient (Wildman–Crippen LogP) is 5.79. The third kappa shape index (κ3) is 5.48. The summed E-state index contributed by atoms with van der Waals surface area (Å²) < 4.78 is 11.4. The average molecular weight is 474 g/mol. The largest absolute Gasteiger partial charge is 0.488 e. The van der Waals surface area contributed by atoms with Gasteiger partial charge in [-0.05, 0) is 67.6 Å². The lowest BCUT2D eigenvalue weighted by atomic mass is 9.93. The number of alkyl carbamates (subject to hydrolysis) is 1. The SMILES string of the molecule is CC(C)(C)Oc1ccc(C[C@@](C)(NC(=O)OCC2c3ccccc3-c3ccccc32)C(=O)O)cc1. The highest BCUT2D eigenvalue weighted by molar-refractivity contribution is 5.84. The van der Waals surface area contributed by atoms with Gasteiger partial charge in [0.1, 0.15) is 23.5 Å². The summed E-state index contributed by atoms with van der Waals surface area (Å²) >= 11 is 0. The van der Waals surface area contributed by atoms with Gasteiger partial charge in [-0.15, -0.1) is 0 Å². The second-order valence-corrected chi connectivity index (χ2v) is 10.1. The Labute approximate surface area is 205 Å². The Morgan fingerprint density at radius 2 is 1.40 bits per heavy atom. The van der Waals surface area contributed by atoms with E-state index < -0.39 is 17.6 Å². The zero-order valence-electron chi connectivity index (χ0n) is 20.5. The molecule has 2 N–H and O–H groups in total. The maximum Gasteiger partial charge on any atom is 0.408 e. The topological polar surface area (TPSA) is 84.9 Å². The number of rotatable bonds is 7. The molecule has 6 heteroatoms. The van der Waals surface area contributed by atoms with Crippen LogP contribution in [0, 0.1) is 0 Å². The molecule has 1 atom stereocenters. The Balaban J connectivity index is 1.43. The lowest BCUT2D eigenvalue weighted by Gasteiger charge is -2.27. The van der Waals surface area contributed by atoms with E-state index in [2.05, 4.69) is 17.4 Å². The van der Waals surface area contributed by atoms with Gasteiger partial charge in [0.15, 0.2) is 0 Å². The van der Waals surface area contributed by atoms with E-state index in [1.165, 1.54) is 6.92 Å². The lowest BCUT2D eigenvalue weighted by molar-refractivity contribution is -0.143. The number of carbonyl (C=O) groups excluding carboxylic acids is 1. The van der Waals surface area contributed by atoms with Crippen LogP contribution in [0.15, 0.2) is 72.8 Å². The van der Waals surface area contributed by atoms with Gasteiger partial charge >= 0.3 is 12.1 Å². The monoisotopic (exact) mass is 473 g/mol. The number of hydrogen-bond donors (Lipinski definition) is 2. The van der Waals surface area contributed by atoms with Crippen LogP contribution >= 0.6 is 0 Å². The summed E-state index contributed by atoms with van der Waals surface area (Å²) in [6.07, 6.45) is -0.660. The number of carboxylic acids is 1. The van der Waals surface area contributed by atoms with Crippen molar-refractivity contribution < 1.29 is 24.2 Å². The molecule has 0 unspecified atom stereocenters. The Bertz CT molecular complexity index is 1180. The fourth-order valence-electron chi connectivity index (χ4n) is 4.47. The molecule has 1 aliphatic carbocycles. The maximum atomic E-state index is 12.7. The molecule has 6 nitrogen and oxygen atoms in total. The number of ether oxygens (including phenoxy) is 2. The zero-order chi connectivity index (χ0) is 25.2. The molecule has 1 amide bonds. The summed E-state index contributed by atoms with van der Waals surface area (Å²) in [7, 11) is 0. The van der Waals surface area contributed by atoms with Crippen LogP contribution in [-0.2, 0) is 16.0 Å². The van der Waals surface area contributed by atoms with E-state index in [-0.39, 0.29) is 24.5 Å². The molecule has 35 heavy (non-hydrogen) atoms. The Morgan fingerprint density at radius 1 is 0.857 bits per heavy atom. The van der Waals surface area contributed by atoms with Crippen LogP contribution < -0.4 is 10.1 Å². The number of fused-ring (bicyclic) bond motifs is 3. The van der Waals surface area contributed by atoms with E-state index in [1.54, 1.807) is 12.1 Å². The predicted molar refractivity (Wildman–Crippen MR) is 135 cm³/mol. The second kappa shape index (κ2) is 9.45.